The number of carbonyl (C=O) groups excluding carboxylic acids is 1. The topological polar surface area (TPSA) is 72.8 Å². The van der Waals surface area contributed by atoms with Gasteiger partial charge in [-0.25, -0.2) is 0 Å². The minimum Gasteiger partial charge on any atom is -0.494 e. The second-order valence-corrected chi connectivity index (χ2v) is 5.13. The van der Waals surface area contributed by atoms with Gasteiger partial charge in [-0.05, 0) is 30.7 Å². The van der Waals surface area contributed by atoms with Crippen LogP contribution in [0.3, 0.4) is 0 Å². The number of esters is 1. The van der Waals surface area contributed by atoms with Gasteiger partial charge in [0, 0.05) is 0 Å². The Kier molecular flexibility index (Phi) is 8.72. The summed E-state index contributed by atoms with van der Waals surface area (Å²) < 4.78 is 10.5. The number of carbonyl (C=O) groups is 2. The van der Waals surface area contributed by atoms with E-state index in [-0.39, 0.29) is 0 Å². The zero-order valence-electron chi connectivity index (χ0n) is 13.0. The maximum Gasteiger partial charge on any atom is 0.322 e. The lowest BCUT2D eigenvalue weighted by Crippen LogP contribution is -2.13. The molecule has 1 aromatic carbocycles. The maximum atomic E-state index is 11.2. The molecule has 0 atom stereocenters. The van der Waals surface area contributed by atoms with E-state index in [0.29, 0.717) is 18.1 Å². The molecule has 5 heteroatoms. The molecule has 122 valence electrons. The quantitative estimate of drug-likeness (QED) is 0.291. The summed E-state index contributed by atoms with van der Waals surface area (Å²) in [6.45, 7) is 2.87. The predicted octanol–water partition coefficient (Wildman–Crippen LogP) is 3.81. The van der Waals surface area contributed by atoms with E-state index in [4.69, 9.17) is 14.6 Å². The first kappa shape index (κ1) is 18.0. The molecule has 0 bridgehead atoms. The van der Waals surface area contributed by atoms with E-state index in [2.05, 4.69) is 6.92 Å². The Morgan fingerprint density at radius 1 is 0.955 bits per heavy atom. The summed E-state index contributed by atoms with van der Waals surface area (Å²) in [7, 11) is 0. The lowest BCUT2D eigenvalue weighted by atomic mass is 10.1. The zero-order chi connectivity index (χ0) is 16.2. The van der Waals surface area contributed by atoms with Crippen LogP contribution in [-0.4, -0.2) is 23.7 Å². The Hall–Kier alpha value is -2.04. The van der Waals surface area contributed by atoms with Gasteiger partial charge in [-0.15, -0.1) is 0 Å². The van der Waals surface area contributed by atoms with Crippen LogP contribution >= 0.6 is 0 Å². The third-order valence-electron chi connectivity index (χ3n) is 3.12. The first-order chi connectivity index (χ1) is 10.6. The number of carboxylic acids is 1. The Bertz CT molecular complexity index is 453. The molecule has 0 aromatic heterocycles. The second-order valence-electron chi connectivity index (χ2n) is 5.13. The van der Waals surface area contributed by atoms with Crippen molar-refractivity contribution in [3.8, 4) is 11.5 Å². The number of benzene rings is 1. The molecular formula is C17H24O5. The van der Waals surface area contributed by atoms with Crippen LogP contribution in [0.2, 0.25) is 0 Å². The minimum atomic E-state index is -1.20. The predicted molar refractivity (Wildman–Crippen MR) is 83.2 cm³/mol. The molecule has 0 fully saturated rings. The van der Waals surface area contributed by atoms with Gasteiger partial charge in [0.15, 0.2) is 0 Å². The molecule has 0 saturated heterocycles. The van der Waals surface area contributed by atoms with E-state index in [9.17, 15) is 9.59 Å². The number of rotatable bonds is 11. The Labute approximate surface area is 131 Å². The average molecular weight is 308 g/mol. The monoisotopic (exact) mass is 308 g/mol. The van der Waals surface area contributed by atoms with E-state index in [0.717, 1.165) is 6.42 Å². The smallest absolute Gasteiger partial charge is 0.322 e. The molecule has 0 saturated carbocycles. The van der Waals surface area contributed by atoms with Crippen molar-refractivity contribution in [1.29, 1.82) is 0 Å². The molecule has 0 unspecified atom stereocenters. The van der Waals surface area contributed by atoms with Crippen molar-refractivity contribution in [2.45, 2.75) is 51.9 Å². The van der Waals surface area contributed by atoms with Crippen molar-refractivity contribution < 1.29 is 24.2 Å². The molecule has 0 amide bonds. The fourth-order valence-electron chi connectivity index (χ4n) is 1.97. The molecule has 1 aromatic rings. The van der Waals surface area contributed by atoms with Gasteiger partial charge in [0.2, 0.25) is 0 Å². The van der Waals surface area contributed by atoms with E-state index in [1.165, 1.54) is 32.1 Å². The number of unbranched alkanes of at least 4 members (excludes halogenated alkanes) is 5. The molecule has 1 N–H and O–H groups in total. The number of aliphatic carboxylic acids is 1. The van der Waals surface area contributed by atoms with E-state index in [1.54, 1.807) is 24.3 Å². The van der Waals surface area contributed by atoms with Gasteiger partial charge in [0.1, 0.15) is 17.9 Å². The lowest BCUT2D eigenvalue weighted by molar-refractivity contribution is -0.145. The summed E-state index contributed by atoms with van der Waals surface area (Å²) >= 11 is 0. The molecule has 0 aliphatic rings. The molecule has 5 nitrogen and oxygen atoms in total. The van der Waals surface area contributed by atoms with Crippen LogP contribution in [0.5, 0.6) is 11.5 Å². The van der Waals surface area contributed by atoms with Crippen LogP contribution < -0.4 is 9.47 Å². The Morgan fingerprint density at radius 3 is 2.18 bits per heavy atom. The first-order valence-corrected chi connectivity index (χ1v) is 7.77. The van der Waals surface area contributed by atoms with E-state index >= 15 is 0 Å². The van der Waals surface area contributed by atoms with Crippen LogP contribution in [0.25, 0.3) is 0 Å². The largest absolute Gasteiger partial charge is 0.494 e. The van der Waals surface area contributed by atoms with Crippen LogP contribution in [0.1, 0.15) is 51.9 Å². The molecule has 1 rings (SSSR count). The third-order valence-corrected chi connectivity index (χ3v) is 3.12. The summed E-state index contributed by atoms with van der Waals surface area (Å²) in [6.07, 6.45) is 6.63. The van der Waals surface area contributed by atoms with Crippen molar-refractivity contribution in [1.82, 2.24) is 0 Å². The van der Waals surface area contributed by atoms with Crippen molar-refractivity contribution in [2.24, 2.45) is 0 Å². The highest BCUT2D eigenvalue weighted by atomic mass is 16.5. The highest BCUT2D eigenvalue weighted by Gasteiger charge is 2.09. The van der Waals surface area contributed by atoms with Crippen molar-refractivity contribution in [3.05, 3.63) is 24.3 Å². The molecule has 0 aliphatic carbocycles. The summed E-state index contributed by atoms with van der Waals surface area (Å²) in [5.74, 6) is -0.957. The van der Waals surface area contributed by atoms with Crippen LogP contribution in [0.15, 0.2) is 24.3 Å². The average Bonchev–Trinajstić information content (AvgIpc) is 2.47. The number of hydrogen-bond acceptors (Lipinski definition) is 4. The van der Waals surface area contributed by atoms with Gasteiger partial charge in [0.05, 0.1) is 6.61 Å². The molecule has 0 spiro atoms. The van der Waals surface area contributed by atoms with Crippen molar-refractivity contribution in [3.63, 3.8) is 0 Å². The van der Waals surface area contributed by atoms with Gasteiger partial charge >= 0.3 is 11.9 Å². The summed E-state index contributed by atoms with van der Waals surface area (Å²) in [4.78, 5) is 21.6. The molecule has 0 aliphatic heterocycles. The van der Waals surface area contributed by atoms with Gasteiger partial charge in [-0.2, -0.15) is 0 Å². The first-order valence-electron chi connectivity index (χ1n) is 7.77. The standard InChI is InChI=1S/C17H24O5/c1-2-3-4-5-6-7-12-21-14-8-10-15(11-9-14)22-17(20)13-16(18)19/h8-11H,2-7,12-13H2,1H3,(H,18,19). The minimum absolute atomic E-state index is 0.318. The van der Waals surface area contributed by atoms with Gasteiger partial charge < -0.3 is 14.6 Å². The van der Waals surface area contributed by atoms with Gasteiger partial charge in [0.25, 0.3) is 0 Å². The van der Waals surface area contributed by atoms with E-state index < -0.39 is 18.4 Å². The molecule has 0 heterocycles. The van der Waals surface area contributed by atoms with Crippen molar-refractivity contribution in [2.75, 3.05) is 6.61 Å². The van der Waals surface area contributed by atoms with Crippen LogP contribution in [0.4, 0.5) is 0 Å². The number of carboxylic acid groups (broad SMARTS) is 1. The lowest BCUT2D eigenvalue weighted by Gasteiger charge is -2.07. The SMILES string of the molecule is CCCCCCCCOc1ccc(OC(=O)CC(=O)O)cc1. The number of ether oxygens (including phenoxy) is 2. The van der Waals surface area contributed by atoms with Gasteiger partial charge in [-0.3, -0.25) is 9.59 Å². The molecule has 0 radical (unpaired) electrons. The fraction of sp³-hybridized carbons (Fsp3) is 0.529. The summed E-state index contributed by atoms with van der Waals surface area (Å²) in [6, 6.07) is 6.60. The Morgan fingerprint density at radius 2 is 1.55 bits per heavy atom. The second kappa shape index (κ2) is 10.7. The molecular weight excluding hydrogens is 284 g/mol. The fourth-order valence-corrected chi connectivity index (χ4v) is 1.97. The van der Waals surface area contributed by atoms with Crippen molar-refractivity contribution >= 4 is 11.9 Å². The highest BCUT2D eigenvalue weighted by molar-refractivity contribution is 5.91. The summed E-state index contributed by atoms with van der Waals surface area (Å²) in [5, 5.41) is 8.47. The van der Waals surface area contributed by atoms with E-state index in [1.807, 2.05) is 0 Å². The maximum absolute atomic E-state index is 11.2. The Balaban J connectivity index is 2.21. The van der Waals surface area contributed by atoms with Crippen LogP contribution in [0, 0.1) is 0 Å². The third kappa shape index (κ3) is 8.29. The highest BCUT2D eigenvalue weighted by Crippen LogP contribution is 2.18. The van der Waals surface area contributed by atoms with Gasteiger partial charge in [-0.1, -0.05) is 39.0 Å². The zero-order valence-corrected chi connectivity index (χ0v) is 13.0. The normalized spacial score (nSPS) is 10.2. The molecule has 22 heavy (non-hydrogen) atoms. The summed E-state index contributed by atoms with van der Waals surface area (Å²) in [5.41, 5.74) is 0. The van der Waals surface area contributed by atoms with Crippen LogP contribution in [-0.2, 0) is 9.59 Å². The number of hydrogen-bond donors (Lipinski definition) is 1.